The van der Waals surface area contributed by atoms with Crippen LogP contribution in [0.3, 0.4) is 0 Å². The van der Waals surface area contributed by atoms with Crippen molar-refractivity contribution in [2.75, 3.05) is 0 Å². The van der Waals surface area contributed by atoms with Gasteiger partial charge in [-0.15, -0.1) is 0 Å². The van der Waals surface area contributed by atoms with Crippen molar-refractivity contribution in [2.45, 2.75) is 25.3 Å². The summed E-state index contributed by atoms with van der Waals surface area (Å²) >= 11 is 0. The van der Waals surface area contributed by atoms with Crippen LogP contribution in [0.15, 0.2) is 12.2 Å². The largest absolute Gasteiger partial charge is 0.478 e. The van der Waals surface area contributed by atoms with Crippen LogP contribution >= 0.6 is 0 Å². The summed E-state index contributed by atoms with van der Waals surface area (Å²) in [6.45, 7) is 0. The maximum Gasteiger partial charge on any atom is 0.328 e. The number of amides is 1. The minimum absolute atomic E-state index is 0.138. The summed E-state index contributed by atoms with van der Waals surface area (Å²) in [6, 6.07) is 1.99. The van der Waals surface area contributed by atoms with E-state index in [1.807, 2.05) is 0 Å². The van der Waals surface area contributed by atoms with Gasteiger partial charge in [0.15, 0.2) is 0 Å². The molecule has 0 aromatic carbocycles. The predicted molar refractivity (Wildman–Crippen MR) is 51.7 cm³/mol. The maximum atomic E-state index is 11.2. The van der Waals surface area contributed by atoms with E-state index in [-0.39, 0.29) is 12.0 Å². The van der Waals surface area contributed by atoms with Gasteiger partial charge in [-0.25, -0.2) is 4.79 Å². The molecule has 2 N–H and O–H groups in total. The third kappa shape index (κ3) is 3.43. The van der Waals surface area contributed by atoms with Gasteiger partial charge in [0, 0.05) is 18.2 Å². The number of nitrogens with zero attached hydrogens (tertiary/aromatic N) is 1. The Kier molecular flexibility index (Phi) is 3.86. The zero-order valence-corrected chi connectivity index (χ0v) is 8.14. The smallest absolute Gasteiger partial charge is 0.328 e. The molecule has 15 heavy (non-hydrogen) atoms. The molecule has 1 aliphatic rings. The van der Waals surface area contributed by atoms with Gasteiger partial charge in [-0.2, -0.15) is 5.26 Å². The molecule has 1 fully saturated rings. The van der Waals surface area contributed by atoms with Gasteiger partial charge in [0.25, 0.3) is 0 Å². The van der Waals surface area contributed by atoms with Crippen LogP contribution in [0.5, 0.6) is 0 Å². The van der Waals surface area contributed by atoms with Crippen molar-refractivity contribution < 1.29 is 14.7 Å². The second kappa shape index (κ2) is 5.15. The number of carbonyl (C=O) groups excluding carboxylic acids is 1. The number of hydrogen-bond acceptors (Lipinski definition) is 3. The molecule has 1 saturated carbocycles. The zero-order valence-electron chi connectivity index (χ0n) is 8.14. The summed E-state index contributed by atoms with van der Waals surface area (Å²) in [6.07, 6.45) is 4.25. The summed E-state index contributed by atoms with van der Waals surface area (Å²) in [5, 5.41) is 19.7. The topological polar surface area (TPSA) is 90.2 Å². The molecule has 0 saturated heterocycles. The van der Waals surface area contributed by atoms with Crippen molar-refractivity contribution in [3.05, 3.63) is 12.2 Å². The van der Waals surface area contributed by atoms with Crippen LogP contribution in [0.1, 0.15) is 19.3 Å². The average Bonchev–Trinajstić information content (AvgIpc) is 2.62. The molecule has 2 atom stereocenters. The number of carboxylic acids is 1. The van der Waals surface area contributed by atoms with Gasteiger partial charge >= 0.3 is 5.97 Å². The first-order chi connectivity index (χ1) is 7.13. The SMILES string of the molecule is N#CC1CCCC1NC(=O)/C=C\C(=O)O. The fourth-order valence-corrected chi connectivity index (χ4v) is 1.67. The van der Waals surface area contributed by atoms with Gasteiger partial charge < -0.3 is 10.4 Å². The minimum atomic E-state index is -1.16. The molecule has 5 heteroatoms. The molecule has 0 radical (unpaired) electrons. The number of carboxylic acid groups (broad SMARTS) is 1. The van der Waals surface area contributed by atoms with Gasteiger partial charge in [-0.1, -0.05) is 0 Å². The number of aliphatic carboxylic acids is 1. The Morgan fingerprint density at radius 3 is 2.73 bits per heavy atom. The molecule has 5 nitrogen and oxygen atoms in total. The van der Waals surface area contributed by atoms with E-state index < -0.39 is 11.9 Å². The Labute approximate surface area is 87.4 Å². The fourth-order valence-electron chi connectivity index (χ4n) is 1.67. The van der Waals surface area contributed by atoms with Crippen molar-refractivity contribution in [2.24, 2.45) is 5.92 Å². The normalized spacial score (nSPS) is 25.0. The molecule has 0 spiro atoms. The lowest BCUT2D eigenvalue weighted by molar-refractivity contribution is -0.131. The van der Waals surface area contributed by atoms with Crippen molar-refractivity contribution in [3.63, 3.8) is 0 Å². The minimum Gasteiger partial charge on any atom is -0.478 e. The predicted octanol–water partition coefficient (Wildman–Crippen LogP) is 0.436. The van der Waals surface area contributed by atoms with Gasteiger partial charge in [0.05, 0.1) is 12.0 Å². The molecule has 80 valence electrons. The first kappa shape index (κ1) is 11.2. The molecule has 0 aliphatic heterocycles. The second-order valence-corrected chi connectivity index (χ2v) is 3.45. The Bertz CT molecular complexity index is 330. The lowest BCUT2D eigenvalue weighted by Gasteiger charge is -2.13. The highest BCUT2D eigenvalue weighted by atomic mass is 16.4. The third-order valence-corrected chi connectivity index (χ3v) is 2.39. The number of hydrogen-bond donors (Lipinski definition) is 2. The van der Waals surface area contributed by atoms with Crippen LogP contribution in [0.2, 0.25) is 0 Å². The Morgan fingerprint density at radius 2 is 2.13 bits per heavy atom. The van der Waals surface area contributed by atoms with Crippen LogP contribution in [-0.2, 0) is 9.59 Å². The Morgan fingerprint density at radius 1 is 1.40 bits per heavy atom. The molecule has 0 aromatic rings. The van der Waals surface area contributed by atoms with Gasteiger partial charge in [0.2, 0.25) is 5.91 Å². The summed E-state index contributed by atoms with van der Waals surface area (Å²) in [7, 11) is 0. The van der Waals surface area contributed by atoms with Gasteiger partial charge in [-0.3, -0.25) is 4.79 Å². The number of carbonyl (C=O) groups is 2. The quantitative estimate of drug-likeness (QED) is 0.658. The van der Waals surface area contributed by atoms with Crippen LogP contribution in [0.25, 0.3) is 0 Å². The summed E-state index contributed by atoms with van der Waals surface area (Å²) in [5.41, 5.74) is 0. The number of nitriles is 1. The molecular formula is C10H12N2O3. The first-order valence-corrected chi connectivity index (χ1v) is 4.74. The molecule has 1 rings (SSSR count). The molecular weight excluding hydrogens is 196 g/mol. The second-order valence-electron chi connectivity index (χ2n) is 3.45. The average molecular weight is 208 g/mol. The lowest BCUT2D eigenvalue weighted by atomic mass is 10.1. The Balaban J connectivity index is 2.45. The number of rotatable bonds is 3. The monoisotopic (exact) mass is 208 g/mol. The van der Waals surface area contributed by atoms with Gasteiger partial charge in [-0.05, 0) is 19.3 Å². The number of nitrogens with one attached hydrogen (secondary N) is 1. The lowest BCUT2D eigenvalue weighted by Crippen LogP contribution is -2.35. The standard InChI is InChI=1S/C10H12N2O3/c11-6-7-2-1-3-8(7)12-9(13)4-5-10(14)15/h4-5,7-8H,1-3H2,(H,12,13)(H,14,15)/b5-4-. The van der Waals surface area contributed by atoms with Crippen molar-refractivity contribution in [1.29, 1.82) is 5.26 Å². The molecule has 1 aliphatic carbocycles. The van der Waals surface area contributed by atoms with E-state index in [4.69, 9.17) is 10.4 Å². The van der Waals surface area contributed by atoms with Crippen LogP contribution in [-0.4, -0.2) is 23.0 Å². The fraction of sp³-hybridized carbons (Fsp3) is 0.500. The van der Waals surface area contributed by atoms with Crippen LogP contribution in [0.4, 0.5) is 0 Å². The van der Waals surface area contributed by atoms with Crippen molar-refractivity contribution in [3.8, 4) is 6.07 Å². The van der Waals surface area contributed by atoms with E-state index in [9.17, 15) is 9.59 Å². The van der Waals surface area contributed by atoms with E-state index >= 15 is 0 Å². The summed E-state index contributed by atoms with van der Waals surface area (Å²) in [5.74, 6) is -1.76. The van der Waals surface area contributed by atoms with E-state index in [0.717, 1.165) is 31.4 Å². The summed E-state index contributed by atoms with van der Waals surface area (Å²) < 4.78 is 0. The van der Waals surface area contributed by atoms with Crippen molar-refractivity contribution in [1.82, 2.24) is 5.32 Å². The molecule has 2 unspecified atom stereocenters. The van der Waals surface area contributed by atoms with E-state index in [0.29, 0.717) is 0 Å². The van der Waals surface area contributed by atoms with E-state index in [1.54, 1.807) is 0 Å². The highest BCUT2D eigenvalue weighted by Gasteiger charge is 2.27. The zero-order chi connectivity index (χ0) is 11.3. The Hall–Kier alpha value is -1.83. The third-order valence-electron chi connectivity index (χ3n) is 2.39. The molecule has 1 amide bonds. The molecule has 0 bridgehead atoms. The molecule has 0 heterocycles. The highest BCUT2D eigenvalue weighted by Crippen LogP contribution is 2.24. The highest BCUT2D eigenvalue weighted by molar-refractivity contribution is 5.94. The first-order valence-electron chi connectivity index (χ1n) is 4.74. The molecule has 0 aromatic heterocycles. The van der Waals surface area contributed by atoms with Crippen LogP contribution < -0.4 is 5.32 Å². The maximum absolute atomic E-state index is 11.2. The van der Waals surface area contributed by atoms with Crippen molar-refractivity contribution >= 4 is 11.9 Å². The van der Waals surface area contributed by atoms with Gasteiger partial charge in [0.1, 0.15) is 0 Å². The van der Waals surface area contributed by atoms with Crippen LogP contribution in [0, 0.1) is 17.2 Å². The summed E-state index contributed by atoms with van der Waals surface area (Å²) in [4.78, 5) is 21.3. The van der Waals surface area contributed by atoms with E-state index in [2.05, 4.69) is 11.4 Å². The van der Waals surface area contributed by atoms with E-state index in [1.165, 1.54) is 0 Å².